The maximum atomic E-state index is 13.1. The summed E-state index contributed by atoms with van der Waals surface area (Å²) in [6.45, 7) is 1.89. The number of aryl methyl sites for hydroxylation is 2. The molecule has 1 N–H and O–H groups in total. The summed E-state index contributed by atoms with van der Waals surface area (Å²) >= 11 is 0. The molecule has 0 unspecified atom stereocenters. The van der Waals surface area contributed by atoms with Gasteiger partial charge in [-0.25, -0.2) is 4.98 Å². The molecular formula is C22H21N3O3. The number of imidazole rings is 1. The average Bonchev–Trinajstić information content (AvgIpc) is 3.29. The van der Waals surface area contributed by atoms with E-state index in [1.54, 1.807) is 13.3 Å². The smallest absolute Gasteiger partial charge is 0.288 e. The molecule has 1 atom stereocenters. The molecule has 2 aromatic heterocycles. The van der Waals surface area contributed by atoms with E-state index < -0.39 is 6.04 Å². The van der Waals surface area contributed by atoms with Crippen LogP contribution in [0.3, 0.4) is 0 Å². The number of fused-ring (bicyclic) bond motifs is 1. The Hall–Kier alpha value is -3.54. The quantitative estimate of drug-likeness (QED) is 0.572. The topological polar surface area (TPSA) is 69.3 Å². The summed E-state index contributed by atoms with van der Waals surface area (Å²) in [6, 6.07) is 14.8. The maximum Gasteiger partial charge on any atom is 0.288 e. The molecule has 142 valence electrons. The molecule has 0 aliphatic heterocycles. The first-order valence-electron chi connectivity index (χ1n) is 8.98. The van der Waals surface area contributed by atoms with Crippen molar-refractivity contribution in [2.45, 2.75) is 13.0 Å². The van der Waals surface area contributed by atoms with Gasteiger partial charge >= 0.3 is 0 Å². The molecule has 28 heavy (non-hydrogen) atoms. The number of hydrogen-bond acceptors (Lipinski definition) is 4. The zero-order valence-electron chi connectivity index (χ0n) is 16.0. The SMILES string of the molecule is COc1cccc([C@H](NC(=O)c2oc3ccccc3c2C)c2nccn2C)c1. The Labute approximate surface area is 162 Å². The summed E-state index contributed by atoms with van der Waals surface area (Å²) in [5, 5.41) is 4.01. The third kappa shape index (κ3) is 3.13. The predicted molar refractivity (Wildman–Crippen MR) is 106 cm³/mol. The highest BCUT2D eigenvalue weighted by Crippen LogP contribution is 2.28. The summed E-state index contributed by atoms with van der Waals surface area (Å²) in [5.74, 6) is 1.45. The third-order valence-corrected chi connectivity index (χ3v) is 4.87. The summed E-state index contributed by atoms with van der Waals surface area (Å²) < 4.78 is 13.1. The molecule has 1 amide bonds. The zero-order valence-corrected chi connectivity index (χ0v) is 16.0. The van der Waals surface area contributed by atoms with E-state index in [2.05, 4.69) is 10.3 Å². The maximum absolute atomic E-state index is 13.1. The number of benzene rings is 2. The van der Waals surface area contributed by atoms with E-state index in [9.17, 15) is 4.79 Å². The van der Waals surface area contributed by atoms with Gasteiger partial charge in [-0.1, -0.05) is 30.3 Å². The lowest BCUT2D eigenvalue weighted by Gasteiger charge is -2.19. The molecule has 4 rings (SSSR count). The van der Waals surface area contributed by atoms with Crippen LogP contribution in [0.15, 0.2) is 65.3 Å². The lowest BCUT2D eigenvalue weighted by Crippen LogP contribution is -2.31. The zero-order chi connectivity index (χ0) is 19.7. The highest BCUT2D eigenvalue weighted by Gasteiger charge is 2.25. The molecule has 0 saturated heterocycles. The van der Waals surface area contributed by atoms with Crippen LogP contribution >= 0.6 is 0 Å². The van der Waals surface area contributed by atoms with Gasteiger partial charge < -0.3 is 19.0 Å². The van der Waals surface area contributed by atoms with Gasteiger partial charge in [0.25, 0.3) is 5.91 Å². The Morgan fingerprint density at radius 2 is 2.04 bits per heavy atom. The van der Waals surface area contributed by atoms with E-state index in [-0.39, 0.29) is 5.91 Å². The lowest BCUT2D eigenvalue weighted by atomic mass is 10.0. The molecule has 0 saturated carbocycles. The van der Waals surface area contributed by atoms with Crippen LogP contribution in [-0.2, 0) is 7.05 Å². The molecule has 2 heterocycles. The van der Waals surface area contributed by atoms with Gasteiger partial charge in [0.05, 0.1) is 7.11 Å². The first kappa shape index (κ1) is 17.9. The van der Waals surface area contributed by atoms with Crippen molar-refractivity contribution in [1.29, 1.82) is 0 Å². The van der Waals surface area contributed by atoms with Crippen LogP contribution < -0.4 is 10.1 Å². The number of nitrogens with zero attached hydrogens (tertiary/aromatic N) is 2. The fourth-order valence-corrected chi connectivity index (χ4v) is 3.36. The van der Waals surface area contributed by atoms with Gasteiger partial charge in [0, 0.05) is 30.4 Å². The van der Waals surface area contributed by atoms with Gasteiger partial charge in [0.15, 0.2) is 5.76 Å². The molecule has 0 aliphatic carbocycles. The van der Waals surface area contributed by atoms with Crippen molar-refractivity contribution in [2.24, 2.45) is 7.05 Å². The average molecular weight is 375 g/mol. The number of nitrogens with one attached hydrogen (secondary N) is 1. The van der Waals surface area contributed by atoms with Gasteiger partial charge in [-0.3, -0.25) is 4.79 Å². The number of para-hydroxylation sites is 1. The van der Waals surface area contributed by atoms with Crippen LogP contribution in [0.5, 0.6) is 5.75 Å². The number of carbonyl (C=O) groups excluding carboxylic acids is 1. The normalized spacial score (nSPS) is 12.1. The number of hydrogen-bond donors (Lipinski definition) is 1. The Balaban J connectivity index is 1.73. The van der Waals surface area contributed by atoms with Crippen LogP contribution in [0.25, 0.3) is 11.0 Å². The third-order valence-electron chi connectivity index (χ3n) is 4.87. The summed E-state index contributed by atoms with van der Waals surface area (Å²) in [6.07, 6.45) is 3.56. The van der Waals surface area contributed by atoms with Gasteiger partial charge in [-0.05, 0) is 30.7 Å². The van der Waals surface area contributed by atoms with Crippen molar-refractivity contribution in [3.05, 3.63) is 83.6 Å². The number of furan rings is 1. The van der Waals surface area contributed by atoms with E-state index in [1.807, 2.05) is 73.3 Å². The van der Waals surface area contributed by atoms with Crippen molar-refractivity contribution in [3.63, 3.8) is 0 Å². The fourth-order valence-electron chi connectivity index (χ4n) is 3.36. The molecule has 6 nitrogen and oxygen atoms in total. The van der Waals surface area contributed by atoms with E-state index in [4.69, 9.17) is 9.15 Å². The van der Waals surface area contributed by atoms with E-state index >= 15 is 0 Å². The standard InChI is InChI=1S/C22H21N3O3/c1-14-17-9-4-5-10-18(17)28-20(14)22(26)24-19(21-23-11-12-25(21)2)15-7-6-8-16(13-15)27-3/h4-13,19H,1-3H3,(H,24,26)/t19-/m0/s1. The van der Waals surface area contributed by atoms with Crippen LogP contribution in [0.2, 0.25) is 0 Å². The van der Waals surface area contributed by atoms with Gasteiger partial charge in [0.2, 0.25) is 0 Å². The van der Waals surface area contributed by atoms with Gasteiger partial charge in [-0.15, -0.1) is 0 Å². The van der Waals surface area contributed by atoms with Crippen LogP contribution in [0, 0.1) is 6.92 Å². The number of amides is 1. The van der Waals surface area contributed by atoms with Gasteiger partial charge in [0.1, 0.15) is 23.2 Å². The molecule has 6 heteroatoms. The highest BCUT2D eigenvalue weighted by atomic mass is 16.5. The van der Waals surface area contributed by atoms with Crippen LogP contribution in [-0.4, -0.2) is 22.6 Å². The monoisotopic (exact) mass is 375 g/mol. The molecule has 0 spiro atoms. The Morgan fingerprint density at radius 3 is 2.75 bits per heavy atom. The summed E-state index contributed by atoms with van der Waals surface area (Å²) in [7, 11) is 3.51. The molecule has 0 bridgehead atoms. The second-order valence-corrected chi connectivity index (χ2v) is 6.63. The van der Waals surface area contributed by atoms with Crippen molar-refractivity contribution >= 4 is 16.9 Å². The van der Waals surface area contributed by atoms with Crippen molar-refractivity contribution < 1.29 is 13.9 Å². The minimum absolute atomic E-state index is 0.287. The minimum Gasteiger partial charge on any atom is -0.497 e. The first-order valence-corrected chi connectivity index (χ1v) is 8.98. The Bertz CT molecular complexity index is 1140. The van der Waals surface area contributed by atoms with E-state index in [1.165, 1.54) is 0 Å². The van der Waals surface area contributed by atoms with E-state index in [0.717, 1.165) is 22.3 Å². The molecule has 2 aromatic carbocycles. The Morgan fingerprint density at radius 1 is 1.21 bits per heavy atom. The first-order chi connectivity index (χ1) is 13.6. The van der Waals surface area contributed by atoms with Crippen molar-refractivity contribution in [3.8, 4) is 5.75 Å². The number of carbonyl (C=O) groups is 1. The minimum atomic E-state index is -0.449. The largest absolute Gasteiger partial charge is 0.497 e. The molecule has 0 radical (unpaired) electrons. The van der Waals surface area contributed by atoms with Gasteiger partial charge in [-0.2, -0.15) is 0 Å². The number of aromatic nitrogens is 2. The number of rotatable bonds is 5. The Kier molecular flexibility index (Phi) is 4.61. The predicted octanol–water partition coefficient (Wildman–Crippen LogP) is 4.00. The van der Waals surface area contributed by atoms with Crippen molar-refractivity contribution in [1.82, 2.24) is 14.9 Å². The molecule has 4 aromatic rings. The summed E-state index contributed by atoms with van der Waals surface area (Å²) in [4.78, 5) is 17.5. The highest BCUT2D eigenvalue weighted by molar-refractivity contribution is 5.99. The van der Waals surface area contributed by atoms with E-state index in [0.29, 0.717) is 17.1 Å². The van der Waals surface area contributed by atoms with Crippen LogP contribution in [0.4, 0.5) is 0 Å². The molecule has 0 aliphatic rings. The fraction of sp³-hybridized carbons (Fsp3) is 0.182. The van der Waals surface area contributed by atoms with Crippen LogP contribution in [0.1, 0.15) is 33.5 Å². The number of ether oxygens (including phenoxy) is 1. The number of methoxy groups -OCH3 is 1. The molecular weight excluding hydrogens is 354 g/mol. The second kappa shape index (κ2) is 7.23. The molecule has 0 fully saturated rings. The summed E-state index contributed by atoms with van der Waals surface area (Å²) in [5.41, 5.74) is 2.38. The lowest BCUT2D eigenvalue weighted by molar-refractivity contribution is 0.0914. The second-order valence-electron chi connectivity index (χ2n) is 6.63. The van der Waals surface area contributed by atoms with Crippen molar-refractivity contribution in [2.75, 3.05) is 7.11 Å².